The number of hydrogen-bond donors (Lipinski definition) is 3. The second-order valence-corrected chi connectivity index (χ2v) is 22.6. The van der Waals surface area contributed by atoms with E-state index in [0.717, 1.165) is 25.8 Å². The fourth-order valence-electron chi connectivity index (χ4n) is 5.71. The number of nitrogens with one attached hydrogen (secondary N) is 1. The molecule has 1 fully saturated rings. The van der Waals surface area contributed by atoms with E-state index in [2.05, 4.69) is 62.5 Å². The van der Waals surface area contributed by atoms with Crippen LogP contribution in [0.4, 0.5) is 0 Å². The molecule has 3 N–H and O–H groups in total. The Balaban J connectivity index is 2.44. The molecule has 1 aromatic carbocycles. The first-order valence-electron chi connectivity index (χ1n) is 12.8. The molecular formula is C27H47NO2Sn. The fourth-order valence-corrected chi connectivity index (χ4v) is 24.9. The number of rotatable bonds is 14. The summed E-state index contributed by atoms with van der Waals surface area (Å²) in [7, 11) is 0. The van der Waals surface area contributed by atoms with Crippen molar-refractivity contribution in [2.45, 2.75) is 91.0 Å². The molecule has 0 saturated carbocycles. The molecule has 1 heterocycles. The minimum absolute atomic E-state index is 0.0596. The number of β-amino-alcohol motifs (C(OH)–C–C–N with tert-alkyl or cyclic N) is 1. The van der Waals surface area contributed by atoms with Crippen molar-refractivity contribution in [3.8, 4) is 0 Å². The molecule has 2 atom stereocenters. The maximum atomic E-state index is 11.9. The van der Waals surface area contributed by atoms with E-state index in [1.54, 1.807) is 0 Å². The van der Waals surface area contributed by atoms with Gasteiger partial charge in [-0.05, 0) is 0 Å². The van der Waals surface area contributed by atoms with Crippen LogP contribution in [-0.2, 0) is 6.42 Å². The SMILES string of the molecule is CCC[CH2][Sn]([CH2]CCC)([CH2]C(CC)Cc1ccccc1)/[C](=C/CO)C1(O)CCCNC1. The maximum absolute atomic E-state index is 11.9. The van der Waals surface area contributed by atoms with Crippen LogP contribution in [0, 0.1) is 5.92 Å². The number of piperidine rings is 1. The second-order valence-electron chi connectivity index (χ2n) is 9.77. The summed E-state index contributed by atoms with van der Waals surface area (Å²) < 4.78 is 5.26. The van der Waals surface area contributed by atoms with Crippen molar-refractivity contribution in [1.29, 1.82) is 0 Å². The Bertz CT molecular complexity index is 632. The summed E-state index contributed by atoms with van der Waals surface area (Å²) in [5.41, 5.74) is 0.690. The standard InChI is InChI=1S/C11H15.C8H14NO2.2C4H9.Sn/c1-3-10(2)9-11-7-5-4-6-8-11;10-6-2-4-8(11)3-1-5-9-7-8;2*1-3-4-2;/h4-8,10H,2-3,9H2,1H3;2,9-11H,1,3,5-7H2;2*1,3-4H2,2H3;. The number of benzene rings is 1. The van der Waals surface area contributed by atoms with Gasteiger partial charge < -0.3 is 0 Å². The molecule has 0 amide bonds. The van der Waals surface area contributed by atoms with Crippen LogP contribution in [0.5, 0.6) is 0 Å². The van der Waals surface area contributed by atoms with E-state index < -0.39 is 24.0 Å². The summed E-state index contributed by atoms with van der Waals surface area (Å²) in [6.07, 6.45) is 11.2. The molecule has 176 valence electrons. The average Bonchev–Trinajstić information content (AvgIpc) is 2.80. The zero-order valence-electron chi connectivity index (χ0n) is 20.3. The van der Waals surface area contributed by atoms with Crippen molar-refractivity contribution in [3.05, 3.63) is 45.6 Å². The number of hydrogen-bond acceptors (Lipinski definition) is 3. The Hall–Kier alpha value is -0.361. The molecule has 1 aromatic rings. The molecule has 0 aromatic heterocycles. The van der Waals surface area contributed by atoms with Crippen LogP contribution >= 0.6 is 0 Å². The molecule has 2 unspecified atom stereocenters. The van der Waals surface area contributed by atoms with Gasteiger partial charge in [0.1, 0.15) is 0 Å². The third-order valence-electron chi connectivity index (χ3n) is 7.37. The van der Waals surface area contributed by atoms with Crippen molar-refractivity contribution in [2.24, 2.45) is 5.92 Å². The number of aliphatic hydroxyl groups is 2. The van der Waals surface area contributed by atoms with Crippen LogP contribution < -0.4 is 5.32 Å². The first-order valence-corrected chi connectivity index (χ1v) is 20.3. The Morgan fingerprint density at radius 3 is 2.32 bits per heavy atom. The monoisotopic (exact) mass is 537 g/mol. The molecule has 31 heavy (non-hydrogen) atoms. The molecule has 2 rings (SSSR count). The summed E-state index contributed by atoms with van der Waals surface area (Å²) in [6.45, 7) is 8.65. The van der Waals surface area contributed by atoms with E-state index in [0.29, 0.717) is 12.5 Å². The van der Waals surface area contributed by atoms with Gasteiger partial charge in [-0.25, -0.2) is 0 Å². The van der Waals surface area contributed by atoms with Crippen molar-refractivity contribution in [2.75, 3.05) is 19.7 Å². The van der Waals surface area contributed by atoms with E-state index in [-0.39, 0.29) is 6.61 Å². The van der Waals surface area contributed by atoms with Gasteiger partial charge in [0, 0.05) is 0 Å². The minimum atomic E-state index is -2.96. The van der Waals surface area contributed by atoms with E-state index >= 15 is 0 Å². The van der Waals surface area contributed by atoms with Gasteiger partial charge in [0.05, 0.1) is 0 Å². The Morgan fingerprint density at radius 2 is 1.81 bits per heavy atom. The van der Waals surface area contributed by atoms with E-state index in [1.807, 2.05) is 0 Å². The quantitative estimate of drug-likeness (QED) is 0.261. The Morgan fingerprint density at radius 1 is 1.13 bits per heavy atom. The summed E-state index contributed by atoms with van der Waals surface area (Å²) >= 11 is -2.96. The second kappa shape index (κ2) is 14.0. The van der Waals surface area contributed by atoms with E-state index in [9.17, 15) is 10.2 Å². The van der Waals surface area contributed by atoms with E-state index in [4.69, 9.17) is 0 Å². The van der Waals surface area contributed by atoms with Crippen LogP contribution in [0.25, 0.3) is 0 Å². The predicted octanol–water partition coefficient (Wildman–Crippen LogP) is 5.88. The zero-order valence-corrected chi connectivity index (χ0v) is 23.2. The van der Waals surface area contributed by atoms with Gasteiger partial charge in [-0.3, -0.25) is 0 Å². The van der Waals surface area contributed by atoms with Gasteiger partial charge in [0.25, 0.3) is 0 Å². The summed E-state index contributed by atoms with van der Waals surface area (Å²) in [5.74, 6) is 0.661. The van der Waals surface area contributed by atoms with Gasteiger partial charge in [-0.1, -0.05) is 0 Å². The molecule has 0 aliphatic carbocycles. The predicted molar refractivity (Wildman–Crippen MR) is 136 cm³/mol. The molecule has 0 bridgehead atoms. The van der Waals surface area contributed by atoms with Gasteiger partial charge >= 0.3 is 196 Å². The Labute approximate surface area is 195 Å². The van der Waals surface area contributed by atoms with Crippen molar-refractivity contribution in [1.82, 2.24) is 5.32 Å². The summed E-state index contributed by atoms with van der Waals surface area (Å²) in [5, 5.41) is 25.4. The summed E-state index contributed by atoms with van der Waals surface area (Å²) in [4.78, 5) is 0. The molecule has 4 heteroatoms. The molecule has 1 saturated heterocycles. The van der Waals surface area contributed by atoms with Crippen LogP contribution in [0.1, 0.15) is 71.3 Å². The van der Waals surface area contributed by atoms with Crippen LogP contribution in [0.15, 0.2) is 40.0 Å². The summed E-state index contributed by atoms with van der Waals surface area (Å²) in [6, 6.07) is 10.9. The van der Waals surface area contributed by atoms with Gasteiger partial charge in [0.2, 0.25) is 0 Å². The fraction of sp³-hybridized carbons (Fsp3) is 0.704. The van der Waals surface area contributed by atoms with Crippen LogP contribution in [-0.4, -0.2) is 53.9 Å². The molecular weight excluding hydrogens is 489 g/mol. The zero-order chi connectivity index (χ0) is 22.6. The normalized spacial score (nSPS) is 21.3. The first-order chi connectivity index (χ1) is 15.0. The van der Waals surface area contributed by atoms with Crippen LogP contribution in [0.3, 0.4) is 0 Å². The van der Waals surface area contributed by atoms with Crippen molar-refractivity contribution < 1.29 is 10.2 Å². The van der Waals surface area contributed by atoms with E-state index in [1.165, 1.54) is 54.6 Å². The Kier molecular flexibility index (Phi) is 12.2. The number of aliphatic hydroxyl groups excluding tert-OH is 1. The molecule has 0 spiro atoms. The third kappa shape index (κ3) is 7.87. The molecule has 3 nitrogen and oxygen atoms in total. The van der Waals surface area contributed by atoms with Crippen LogP contribution in [0.2, 0.25) is 13.3 Å². The molecule has 0 radical (unpaired) electrons. The van der Waals surface area contributed by atoms with Gasteiger partial charge in [-0.2, -0.15) is 0 Å². The number of unbranched alkanes of at least 4 members (excludes halogenated alkanes) is 2. The topological polar surface area (TPSA) is 52.5 Å². The van der Waals surface area contributed by atoms with Crippen molar-refractivity contribution >= 4 is 18.4 Å². The third-order valence-corrected chi connectivity index (χ3v) is 23.9. The average molecular weight is 536 g/mol. The first kappa shape index (κ1) is 26.9. The molecule has 1 aliphatic heterocycles. The molecule has 1 aliphatic rings. The van der Waals surface area contributed by atoms with Gasteiger partial charge in [-0.15, -0.1) is 0 Å². The van der Waals surface area contributed by atoms with Crippen molar-refractivity contribution in [3.63, 3.8) is 0 Å². The van der Waals surface area contributed by atoms with Gasteiger partial charge in [0.15, 0.2) is 0 Å².